The van der Waals surface area contributed by atoms with E-state index in [-0.39, 0.29) is 5.75 Å². The van der Waals surface area contributed by atoms with Crippen LogP contribution in [0.2, 0.25) is 0 Å². The highest BCUT2D eigenvalue weighted by Gasteiger charge is 2.06. The Hall–Kier alpha value is -1.74. The summed E-state index contributed by atoms with van der Waals surface area (Å²) in [5, 5.41) is 9.58. The zero-order chi connectivity index (χ0) is 11.4. The first-order chi connectivity index (χ1) is 7.77. The van der Waals surface area contributed by atoms with E-state index in [0.717, 1.165) is 5.56 Å². The van der Waals surface area contributed by atoms with Crippen LogP contribution in [-0.4, -0.2) is 5.11 Å². The molecular weight excluding hydrogens is 220 g/mol. The Morgan fingerprint density at radius 3 is 2.44 bits per heavy atom. The standard InChI is InChI=1S/C13H11O2S/c14-11-7-4-8-12(16)13(11)15-9-10-5-2-1-3-6-10/h1-8,14H,9H2. The van der Waals surface area contributed by atoms with Gasteiger partial charge in [0.2, 0.25) is 0 Å². The van der Waals surface area contributed by atoms with E-state index < -0.39 is 0 Å². The number of rotatable bonds is 3. The van der Waals surface area contributed by atoms with Crippen molar-refractivity contribution in [1.29, 1.82) is 0 Å². The SMILES string of the molecule is Oc1cccc([S])c1OCc1ccccc1. The first-order valence-corrected chi connectivity index (χ1v) is 5.34. The van der Waals surface area contributed by atoms with Crippen LogP contribution < -0.4 is 4.74 Å². The van der Waals surface area contributed by atoms with Crippen molar-refractivity contribution in [3.63, 3.8) is 0 Å². The fourth-order valence-electron chi connectivity index (χ4n) is 1.38. The van der Waals surface area contributed by atoms with Gasteiger partial charge in [-0.3, -0.25) is 0 Å². The van der Waals surface area contributed by atoms with Gasteiger partial charge < -0.3 is 9.84 Å². The average Bonchev–Trinajstić information content (AvgIpc) is 2.30. The Bertz CT molecular complexity index is 448. The smallest absolute Gasteiger partial charge is 0.179 e. The highest BCUT2D eigenvalue weighted by Crippen LogP contribution is 2.32. The summed E-state index contributed by atoms with van der Waals surface area (Å²) < 4.78 is 5.50. The topological polar surface area (TPSA) is 29.5 Å². The van der Waals surface area contributed by atoms with Crippen molar-refractivity contribution in [3.05, 3.63) is 54.1 Å². The van der Waals surface area contributed by atoms with Gasteiger partial charge in [0.25, 0.3) is 0 Å². The van der Waals surface area contributed by atoms with Crippen molar-refractivity contribution in [3.8, 4) is 11.5 Å². The fourth-order valence-corrected chi connectivity index (χ4v) is 1.62. The molecule has 16 heavy (non-hydrogen) atoms. The van der Waals surface area contributed by atoms with Crippen molar-refractivity contribution in [1.82, 2.24) is 0 Å². The summed E-state index contributed by atoms with van der Waals surface area (Å²) in [6.07, 6.45) is 0. The summed E-state index contributed by atoms with van der Waals surface area (Å²) in [6.45, 7) is 0.405. The Kier molecular flexibility index (Phi) is 3.27. The largest absolute Gasteiger partial charge is 0.504 e. The fraction of sp³-hybridized carbons (Fsp3) is 0.0769. The lowest BCUT2D eigenvalue weighted by Crippen LogP contribution is -1.96. The number of phenols is 1. The van der Waals surface area contributed by atoms with Crippen molar-refractivity contribution < 1.29 is 9.84 Å². The number of benzene rings is 2. The minimum absolute atomic E-state index is 0.0865. The highest BCUT2D eigenvalue weighted by molar-refractivity contribution is 7.80. The maximum absolute atomic E-state index is 9.58. The molecule has 0 bridgehead atoms. The zero-order valence-corrected chi connectivity index (χ0v) is 9.41. The molecule has 0 atom stereocenters. The molecule has 2 aromatic carbocycles. The first-order valence-electron chi connectivity index (χ1n) is 4.93. The summed E-state index contributed by atoms with van der Waals surface area (Å²) >= 11 is 5.07. The van der Waals surface area contributed by atoms with E-state index in [9.17, 15) is 5.11 Å². The maximum atomic E-state index is 9.58. The summed E-state index contributed by atoms with van der Waals surface area (Å²) in [6, 6.07) is 14.8. The Labute approximate surface area is 99.9 Å². The first kappa shape index (κ1) is 10.8. The molecule has 0 aliphatic heterocycles. The molecule has 3 heteroatoms. The molecule has 0 amide bonds. The third kappa shape index (κ3) is 2.44. The molecule has 0 aromatic heterocycles. The van der Waals surface area contributed by atoms with Gasteiger partial charge in [0, 0.05) is 0 Å². The van der Waals surface area contributed by atoms with Gasteiger partial charge in [-0.25, -0.2) is 0 Å². The molecular formula is C13H11O2S. The summed E-state index contributed by atoms with van der Waals surface area (Å²) in [5.41, 5.74) is 1.04. The van der Waals surface area contributed by atoms with E-state index in [2.05, 4.69) is 0 Å². The second kappa shape index (κ2) is 4.86. The van der Waals surface area contributed by atoms with Crippen molar-refractivity contribution in [2.75, 3.05) is 0 Å². The van der Waals surface area contributed by atoms with Crippen LogP contribution in [0, 0.1) is 0 Å². The predicted octanol–water partition coefficient (Wildman–Crippen LogP) is 3.53. The number of aromatic hydroxyl groups is 1. The quantitative estimate of drug-likeness (QED) is 0.875. The lowest BCUT2D eigenvalue weighted by molar-refractivity contribution is 0.282. The maximum Gasteiger partial charge on any atom is 0.179 e. The molecule has 0 aliphatic rings. The summed E-state index contributed by atoms with van der Waals surface area (Å²) in [7, 11) is 0. The van der Waals surface area contributed by atoms with Crippen molar-refractivity contribution >= 4 is 12.6 Å². The summed E-state index contributed by atoms with van der Waals surface area (Å²) in [4.78, 5) is 0.524. The second-order valence-electron chi connectivity index (χ2n) is 3.38. The molecule has 0 saturated heterocycles. The predicted molar refractivity (Wildman–Crippen MR) is 64.7 cm³/mol. The van der Waals surface area contributed by atoms with Crippen LogP contribution in [0.1, 0.15) is 5.56 Å². The van der Waals surface area contributed by atoms with Crippen LogP contribution in [0.5, 0.6) is 11.5 Å². The Morgan fingerprint density at radius 2 is 1.75 bits per heavy atom. The molecule has 0 unspecified atom stereocenters. The van der Waals surface area contributed by atoms with Gasteiger partial charge in [-0.1, -0.05) is 49.0 Å². The number of hydrogen-bond acceptors (Lipinski definition) is 2. The van der Waals surface area contributed by atoms with Gasteiger partial charge in [-0.05, 0) is 17.7 Å². The van der Waals surface area contributed by atoms with Crippen molar-refractivity contribution in [2.24, 2.45) is 0 Å². The van der Waals surface area contributed by atoms with Gasteiger partial charge in [0.05, 0.1) is 4.90 Å². The van der Waals surface area contributed by atoms with Crippen molar-refractivity contribution in [2.45, 2.75) is 11.5 Å². The Balaban J connectivity index is 2.11. The van der Waals surface area contributed by atoms with Crippen LogP contribution in [0.15, 0.2) is 53.4 Å². The molecule has 1 N–H and O–H groups in total. The van der Waals surface area contributed by atoms with Crippen LogP contribution in [-0.2, 0) is 6.61 Å². The Morgan fingerprint density at radius 1 is 1.00 bits per heavy atom. The molecule has 2 rings (SSSR count). The second-order valence-corrected chi connectivity index (χ2v) is 3.82. The van der Waals surface area contributed by atoms with E-state index in [1.54, 1.807) is 18.2 Å². The van der Waals surface area contributed by atoms with Crippen LogP contribution in [0.4, 0.5) is 0 Å². The van der Waals surface area contributed by atoms with Gasteiger partial charge in [-0.15, -0.1) is 0 Å². The molecule has 2 aromatic rings. The van der Waals surface area contributed by atoms with Crippen LogP contribution >= 0.6 is 12.6 Å². The molecule has 1 radical (unpaired) electrons. The van der Waals surface area contributed by atoms with Crippen LogP contribution in [0.3, 0.4) is 0 Å². The number of para-hydroxylation sites is 1. The van der Waals surface area contributed by atoms with E-state index in [0.29, 0.717) is 17.3 Å². The number of phenolic OH excluding ortho intramolecular Hbond substituents is 1. The van der Waals surface area contributed by atoms with E-state index in [4.69, 9.17) is 17.4 Å². The highest BCUT2D eigenvalue weighted by atomic mass is 32.1. The average molecular weight is 231 g/mol. The lowest BCUT2D eigenvalue weighted by atomic mass is 10.2. The van der Waals surface area contributed by atoms with Crippen LogP contribution in [0.25, 0.3) is 0 Å². The molecule has 0 aliphatic carbocycles. The minimum Gasteiger partial charge on any atom is -0.504 e. The van der Waals surface area contributed by atoms with Gasteiger partial charge in [-0.2, -0.15) is 0 Å². The molecule has 81 valence electrons. The van der Waals surface area contributed by atoms with E-state index >= 15 is 0 Å². The van der Waals surface area contributed by atoms with Gasteiger partial charge in [0.15, 0.2) is 11.5 Å². The molecule has 0 spiro atoms. The van der Waals surface area contributed by atoms with Gasteiger partial charge in [0.1, 0.15) is 6.61 Å². The number of hydrogen-bond donors (Lipinski definition) is 1. The molecule has 0 heterocycles. The molecule has 2 nitrogen and oxygen atoms in total. The van der Waals surface area contributed by atoms with Gasteiger partial charge >= 0.3 is 0 Å². The minimum atomic E-state index is 0.0865. The molecule has 0 saturated carbocycles. The zero-order valence-electron chi connectivity index (χ0n) is 8.59. The summed E-state index contributed by atoms with van der Waals surface area (Å²) in [5.74, 6) is 0.463. The monoisotopic (exact) mass is 231 g/mol. The third-order valence-corrected chi connectivity index (χ3v) is 2.51. The van der Waals surface area contributed by atoms with E-state index in [1.807, 2.05) is 30.3 Å². The normalized spacial score (nSPS) is 10.0. The number of ether oxygens (including phenoxy) is 1. The third-order valence-electron chi connectivity index (χ3n) is 2.18. The molecule has 0 fully saturated rings. The lowest BCUT2D eigenvalue weighted by Gasteiger charge is -2.09. The van der Waals surface area contributed by atoms with E-state index in [1.165, 1.54) is 0 Å².